The summed E-state index contributed by atoms with van der Waals surface area (Å²) in [5.74, 6) is -1.55. The van der Waals surface area contributed by atoms with Crippen LogP contribution < -0.4 is 0 Å². The molecule has 0 radical (unpaired) electrons. The van der Waals surface area contributed by atoms with Crippen molar-refractivity contribution in [1.82, 2.24) is 19.9 Å². The highest BCUT2D eigenvalue weighted by atomic mass is 19.1. The Balaban J connectivity index is 1.74. The molecule has 4 aromatic rings. The summed E-state index contributed by atoms with van der Waals surface area (Å²) in [5.41, 5.74) is 1.59. The summed E-state index contributed by atoms with van der Waals surface area (Å²) >= 11 is 0. The first kappa shape index (κ1) is 21.7. The monoisotopic (exact) mass is 438 g/mol. The van der Waals surface area contributed by atoms with Gasteiger partial charge in [-0.2, -0.15) is 19.3 Å². The molecule has 0 aliphatic rings. The molecule has 0 spiro atoms. The van der Waals surface area contributed by atoms with Crippen molar-refractivity contribution >= 4 is 0 Å². The van der Waals surface area contributed by atoms with Crippen molar-refractivity contribution in [2.75, 3.05) is 0 Å². The minimum atomic E-state index is -0.777. The average molecular weight is 438 g/mol. The van der Waals surface area contributed by atoms with Gasteiger partial charge in [0.05, 0.1) is 33.9 Å². The molecule has 0 saturated carbocycles. The Kier molecular flexibility index (Phi) is 5.60. The van der Waals surface area contributed by atoms with Crippen LogP contribution in [0.25, 0.3) is 22.5 Å². The van der Waals surface area contributed by atoms with Gasteiger partial charge in [0.15, 0.2) is 0 Å². The van der Waals surface area contributed by atoms with Gasteiger partial charge in [0.1, 0.15) is 23.5 Å². The molecule has 33 heavy (non-hydrogen) atoms. The third-order valence-corrected chi connectivity index (χ3v) is 5.26. The summed E-state index contributed by atoms with van der Waals surface area (Å²) < 4.78 is 28.9. The van der Waals surface area contributed by atoms with Gasteiger partial charge in [0.2, 0.25) is 11.9 Å². The van der Waals surface area contributed by atoms with Crippen molar-refractivity contribution in [2.45, 2.75) is 19.3 Å². The van der Waals surface area contributed by atoms with E-state index in [1.807, 2.05) is 13.8 Å². The Bertz CT molecular complexity index is 1340. The lowest BCUT2D eigenvalue weighted by molar-refractivity contribution is 0.580. The lowest BCUT2D eigenvalue weighted by atomic mass is 9.84. The Hall–Kier alpha value is -4.56. The Morgan fingerprint density at radius 2 is 1.06 bits per heavy atom. The highest BCUT2D eigenvalue weighted by Crippen LogP contribution is 2.32. The fourth-order valence-corrected chi connectivity index (χ4v) is 3.37. The number of halogens is 2. The van der Waals surface area contributed by atoms with Crippen LogP contribution in [0.4, 0.5) is 8.78 Å². The van der Waals surface area contributed by atoms with Gasteiger partial charge < -0.3 is 0 Å². The number of nitriles is 2. The second-order valence-corrected chi connectivity index (χ2v) is 7.73. The van der Waals surface area contributed by atoms with Crippen LogP contribution in [0.2, 0.25) is 0 Å². The van der Waals surface area contributed by atoms with E-state index in [1.165, 1.54) is 24.3 Å². The van der Waals surface area contributed by atoms with E-state index in [0.29, 0.717) is 22.8 Å². The molecule has 0 amide bonds. The Morgan fingerprint density at radius 1 is 0.636 bits per heavy atom. The quantitative estimate of drug-likeness (QED) is 0.418. The predicted octanol–water partition coefficient (Wildman–Crippen LogP) is 4.95. The summed E-state index contributed by atoms with van der Waals surface area (Å²) in [6.07, 6.45) is 0. The van der Waals surface area contributed by atoms with E-state index in [0.717, 1.165) is 0 Å². The molecule has 0 aliphatic carbocycles. The molecular formula is C25H16F2N6. The van der Waals surface area contributed by atoms with Crippen molar-refractivity contribution in [1.29, 1.82) is 10.5 Å². The van der Waals surface area contributed by atoms with Gasteiger partial charge in [-0.15, -0.1) is 0 Å². The van der Waals surface area contributed by atoms with Gasteiger partial charge in [-0.25, -0.2) is 9.97 Å². The summed E-state index contributed by atoms with van der Waals surface area (Å²) in [6.45, 7) is 3.82. The second kappa shape index (κ2) is 8.52. The van der Waals surface area contributed by atoms with E-state index in [1.54, 1.807) is 48.5 Å². The lowest BCUT2D eigenvalue weighted by Crippen LogP contribution is -2.22. The van der Waals surface area contributed by atoms with Crippen LogP contribution in [-0.4, -0.2) is 19.9 Å². The average Bonchev–Trinajstić information content (AvgIpc) is 2.84. The zero-order chi connectivity index (χ0) is 23.6. The van der Waals surface area contributed by atoms with Gasteiger partial charge in [0, 0.05) is 5.41 Å². The molecule has 4 rings (SSSR count). The van der Waals surface area contributed by atoms with Crippen molar-refractivity contribution in [3.63, 3.8) is 0 Å². The van der Waals surface area contributed by atoms with Crippen LogP contribution in [0.15, 0.2) is 60.7 Å². The zero-order valence-electron chi connectivity index (χ0n) is 17.7. The smallest absolute Gasteiger partial charge is 0.223 e. The normalized spacial score (nSPS) is 11.0. The van der Waals surface area contributed by atoms with Crippen molar-refractivity contribution in [3.05, 3.63) is 95.3 Å². The number of hydrogen-bond donors (Lipinski definition) is 0. The molecule has 0 unspecified atom stereocenters. The molecule has 0 aliphatic heterocycles. The molecule has 0 N–H and O–H groups in total. The minimum absolute atomic E-state index is 0.0155. The van der Waals surface area contributed by atoms with E-state index in [4.69, 9.17) is 10.5 Å². The Morgan fingerprint density at radius 3 is 1.42 bits per heavy atom. The van der Waals surface area contributed by atoms with Crippen LogP contribution in [0.3, 0.4) is 0 Å². The van der Waals surface area contributed by atoms with E-state index < -0.39 is 17.3 Å². The summed E-state index contributed by atoms with van der Waals surface area (Å²) in [4.78, 5) is 16.5. The van der Waals surface area contributed by atoms with Crippen molar-refractivity contribution in [2.24, 2.45) is 0 Å². The van der Waals surface area contributed by atoms with Gasteiger partial charge >= 0.3 is 0 Å². The number of hydrogen-bond acceptors (Lipinski definition) is 6. The molecule has 0 aromatic carbocycles. The third kappa shape index (κ3) is 4.15. The first-order chi connectivity index (χ1) is 15.8. The minimum Gasteiger partial charge on any atom is -0.252 e. The number of rotatable bonds is 4. The molecule has 0 saturated heterocycles. The van der Waals surface area contributed by atoms with E-state index in [-0.39, 0.29) is 22.5 Å². The maximum absolute atomic E-state index is 14.4. The zero-order valence-corrected chi connectivity index (χ0v) is 17.7. The van der Waals surface area contributed by atoms with Crippen LogP contribution >= 0.6 is 0 Å². The summed E-state index contributed by atoms with van der Waals surface area (Å²) in [6, 6.07) is 19.9. The predicted molar refractivity (Wildman–Crippen MR) is 116 cm³/mol. The standard InChI is InChI=1S/C25H16F2N6/c1-25(2,21-7-3-5-19(32-21)17-11-9-15(13-28)30-23(17)26)22-8-4-6-20(33-22)18-12-10-16(14-29)31-24(18)27/h3-12H,1-2H3. The first-order valence-electron chi connectivity index (χ1n) is 9.92. The van der Waals surface area contributed by atoms with Gasteiger partial charge in [-0.05, 0) is 62.4 Å². The number of nitrogens with zero attached hydrogens (tertiary/aromatic N) is 6. The van der Waals surface area contributed by atoms with Gasteiger partial charge in [-0.1, -0.05) is 12.1 Å². The molecule has 6 nitrogen and oxygen atoms in total. The first-order valence-corrected chi connectivity index (χ1v) is 9.92. The molecule has 0 fully saturated rings. The molecule has 0 atom stereocenters. The largest absolute Gasteiger partial charge is 0.252 e. The number of pyridine rings is 4. The van der Waals surface area contributed by atoms with Crippen LogP contribution in [0, 0.1) is 34.6 Å². The summed E-state index contributed by atoms with van der Waals surface area (Å²) in [7, 11) is 0. The van der Waals surface area contributed by atoms with Crippen molar-refractivity contribution < 1.29 is 8.78 Å². The van der Waals surface area contributed by atoms with Gasteiger partial charge in [0.25, 0.3) is 0 Å². The van der Waals surface area contributed by atoms with Crippen LogP contribution in [-0.2, 0) is 5.41 Å². The summed E-state index contributed by atoms with van der Waals surface area (Å²) in [5, 5.41) is 17.8. The van der Waals surface area contributed by atoms with E-state index in [9.17, 15) is 8.78 Å². The highest BCUT2D eigenvalue weighted by Gasteiger charge is 2.27. The van der Waals surface area contributed by atoms with Crippen LogP contribution in [0.1, 0.15) is 36.6 Å². The number of aromatic nitrogens is 4. The lowest BCUT2D eigenvalue weighted by Gasteiger charge is -2.24. The maximum Gasteiger partial charge on any atom is 0.223 e. The maximum atomic E-state index is 14.4. The highest BCUT2D eigenvalue weighted by molar-refractivity contribution is 5.61. The third-order valence-electron chi connectivity index (χ3n) is 5.26. The molecule has 0 bridgehead atoms. The van der Waals surface area contributed by atoms with E-state index in [2.05, 4.69) is 19.9 Å². The fourth-order valence-electron chi connectivity index (χ4n) is 3.37. The molecular weight excluding hydrogens is 422 g/mol. The van der Waals surface area contributed by atoms with E-state index >= 15 is 0 Å². The fraction of sp³-hybridized carbons (Fsp3) is 0.120. The second-order valence-electron chi connectivity index (χ2n) is 7.73. The van der Waals surface area contributed by atoms with Crippen molar-refractivity contribution in [3.8, 4) is 34.7 Å². The molecule has 8 heteroatoms. The molecule has 4 heterocycles. The van der Waals surface area contributed by atoms with Gasteiger partial charge in [-0.3, -0.25) is 9.97 Å². The Labute approximate surface area is 188 Å². The molecule has 4 aromatic heterocycles. The topological polar surface area (TPSA) is 99.1 Å². The molecule has 160 valence electrons. The van der Waals surface area contributed by atoms with Crippen LogP contribution in [0.5, 0.6) is 0 Å². The SMILES string of the molecule is CC(C)(c1cccc(-c2ccc(C#N)nc2F)n1)c1cccc(-c2ccc(C#N)nc2F)n1.